The lowest BCUT2D eigenvalue weighted by Crippen LogP contribution is -1.92. The second kappa shape index (κ2) is 6.04. The Balaban J connectivity index is 2.34. The van der Waals surface area contributed by atoms with E-state index >= 15 is 0 Å². The quantitative estimate of drug-likeness (QED) is 0.703. The van der Waals surface area contributed by atoms with Gasteiger partial charge in [0.2, 0.25) is 0 Å². The van der Waals surface area contributed by atoms with Crippen LogP contribution in [0.5, 0.6) is 0 Å². The molecule has 0 aliphatic rings. The zero-order valence-electron chi connectivity index (χ0n) is 13.1. The summed E-state index contributed by atoms with van der Waals surface area (Å²) >= 11 is 0. The van der Waals surface area contributed by atoms with Crippen molar-refractivity contribution in [1.29, 1.82) is 0 Å². The predicted octanol–water partition coefficient (Wildman–Crippen LogP) is 5.60. The summed E-state index contributed by atoms with van der Waals surface area (Å²) in [6.07, 6.45) is 4.20. The summed E-state index contributed by atoms with van der Waals surface area (Å²) in [5, 5.41) is 0. The molecule has 1 aromatic carbocycles. The van der Waals surface area contributed by atoms with E-state index in [9.17, 15) is 0 Å². The first-order chi connectivity index (χ1) is 9.47. The van der Waals surface area contributed by atoms with Crippen molar-refractivity contribution in [3.63, 3.8) is 0 Å². The third kappa shape index (κ3) is 3.36. The molecule has 0 N–H and O–H groups in total. The van der Waals surface area contributed by atoms with Crippen molar-refractivity contribution < 1.29 is 0 Å². The number of hydrogen-bond donors (Lipinski definition) is 0. The van der Waals surface area contributed by atoms with Gasteiger partial charge in [0.05, 0.1) is 0 Å². The van der Waals surface area contributed by atoms with Crippen molar-refractivity contribution >= 4 is 6.08 Å². The highest BCUT2D eigenvalue weighted by atomic mass is 14.7. The first-order valence-corrected chi connectivity index (χ1v) is 7.19. The maximum absolute atomic E-state index is 4.54. The molecule has 2 aromatic rings. The van der Waals surface area contributed by atoms with Crippen LogP contribution in [0.15, 0.2) is 42.1 Å². The molecule has 0 atom stereocenters. The molecule has 0 aliphatic heterocycles. The van der Waals surface area contributed by atoms with E-state index in [1.807, 2.05) is 6.20 Å². The van der Waals surface area contributed by atoms with E-state index in [1.165, 1.54) is 27.8 Å². The van der Waals surface area contributed by atoms with Crippen LogP contribution in [0, 0.1) is 6.92 Å². The SMILES string of the molecule is CC(C)=Cc1ccc(-c2ccc(C(C)C)nc2)cc1C. The molecule has 20 heavy (non-hydrogen) atoms. The Labute approximate surface area is 122 Å². The van der Waals surface area contributed by atoms with E-state index in [0.29, 0.717) is 5.92 Å². The lowest BCUT2D eigenvalue weighted by atomic mass is 9.99. The standard InChI is InChI=1S/C19H23N/c1-13(2)10-16-6-7-17(11-15(16)5)18-8-9-19(14(3)4)20-12-18/h6-12,14H,1-5H3. The molecular weight excluding hydrogens is 242 g/mol. The average molecular weight is 265 g/mol. The fraction of sp³-hybridized carbons (Fsp3) is 0.316. The van der Waals surface area contributed by atoms with E-state index in [-0.39, 0.29) is 0 Å². The van der Waals surface area contributed by atoms with Crippen LogP contribution in [-0.4, -0.2) is 4.98 Å². The summed E-state index contributed by atoms with van der Waals surface area (Å²) in [5.74, 6) is 0.478. The Morgan fingerprint density at radius 2 is 1.75 bits per heavy atom. The predicted molar refractivity (Wildman–Crippen MR) is 87.8 cm³/mol. The third-order valence-electron chi connectivity index (χ3n) is 3.43. The number of aromatic nitrogens is 1. The van der Waals surface area contributed by atoms with Gasteiger partial charge in [-0.2, -0.15) is 0 Å². The minimum absolute atomic E-state index is 0.478. The van der Waals surface area contributed by atoms with Gasteiger partial charge in [-0.3, -0.25) is 4.98 Å². The van der Waals surface area contributed by atoms with Gasteiger partial charge in [0.1, 0.15) is 0 Å². The van der Waals surface area contributed by atoms with Crippen LogP contribution >= 0.6 is 0 Å². The Morgan fingerprint density at radius 1 is 1.05 bits per heavy atom. The molecular formula is C19H23N. The largest absolute Gasteiger partial charge is 0.260 e. The van der Waals surface area contributed by atoms with Crippen LogP contribution in [0.3, 0.4) is 0 Å². The van der Waals surface area contributed by atoms with Crippen LogP contribution < -0.4 is 0 Å². The van der Waals surface area contributed by atoms with Crippen LogP contribution in [0.4, 0.5) is 0 Å². The molecule has 0 unspecified atom stereocenters. The van der Waals surface area contributed by atoms with Crippen molar-refractivity contribution in [1.82, 2.24) is 4.98 Å². The number of hydrogen-bond acceptors (Lipinski definition) is 1. The third-order valence-corrected chi connectivity index (χ3v) is 3.43. The molecule has 0 fully saturated rings. The molecule has 1 heterocycles. The van der Waals surface area contributed by atoms with Gasteiger partial charge < -0.3 is 0 Å². The van der Waals surface area contributed by atoms with Gasteiger partial charge in [-0.1, -0.05) is 49.8 Å². The van der Waals surface area contributed by atoms with Gasteiger partial charge in [-0.05, 0) is 49.4 Å². The lowest BCUT2D eigenvalue weighted by Gasteiger charge is -2.08. The number of benzene rings is 1. The highest BCUT2D eigenvalue weighted by Gasteiger charge is 2.04. The van der Waals surface area contributed by atoms with E-state index in [1.54, 1.807) is 0 Å². The molecule has 104 valence electrons. The van der Waals surface area contributed by atoms with Crippen molar-refractivity contribution in [2.24, 2.45) is 0 Å². The van der Waals surface area contributed by atoms with Gasteiger partial charge in [0.15, 0.2) is 0 Å². The Kier molecular flexibility index (Phi) is 4.39. The number of aryl methyl sites for hydroxylation is 1. The fourth-order valence-corrected chi connectivity index (χ4v) is 2.25. The molecule has 1 nitrogen and oxygen atoms in total. The molecule has 0 aliphatic carbocycles. The van der Waals surface area contributed by atoms with Crippen molar-refractivity contribution in [2.45, 2.75) is 40.5 Å². The molecule has 0 saturated heterocycles. The second-order valence-electron chi connectivity index (χ2n) is 5.92. The smallest absolute Gasteiger partial charge is 0.0429 e. The summed E-state index contributed by atoms with van der Waals surface area (Å²) in [5.41, 5.74) is 7.48. The fourth-order valence-electron chi connectivity index (χ4n) is 2.25. The summed E-state index contributed by atoms with van der Waals surface area (Å²) in [7, 11) is 0. The molecule has 0 amide bonds. The van der Waals surface area contributed by atoms with Crippen LogP contribution in [0.25, 0.3) is 17.2 Å². The molecule has 0 spiro atoms. The Morgan fingerprint density at radius 3 is 2.25 bits per heavy atom. The maximum Gasteiger partial charge on any atom is 0.0429 e. The van der Waals surface area contributed by atoms with E-state index in [2.05, 4.69) is 76.0 Å². The lowest BCUT2D eigenvalue weighted by molar-refractivity contribution is 0.823. The molecule has 0 bridgehead atoms. The maximum atomic E-state index is 4.54. The zero-order valence-corrected chi connectivity index (χ0v) is 13.1. The molecule has 0 radical (unpaired) electrons. The molecule has 2 rings (SSSR count). The molecule has 1 aromatic heterocycles. The average Bonchev–Trinajstić information content (AvgIpc) is 2.41. The summed E-state index contributed by atoms with van der Waals surface area (Å²) in [6, 6.07) is 10.9. The van der Waals surface area contributed by atoms with Gasteiger partial charge in [-0.25, -0.2) is 0 Å². The van der Waals surface area contributed by atoms with Gasteiger partial charge in [0.25, 0.3) is 0 Å². The minimum atomic E-state index is 0.478. The number of allylic oxidation sites excluding steroid dienone is 1. The minimum Gasteiger partial charge on any atom is -0.260 e. The first kappa shape index (κ1) is 14.5. The molecule has 1 heteroatoms. The summed E-state index contributed by atoms with van der Waals surface area (Å²) in [6.45, 7) is 10.7. The Hall–Kier alpha value is -1.89. The van der Waals surface area contributed by atoms with Crippen molar-refractivity contribution in [3.05, 3.63) is 58.9 Å². The Bertz CT molecular complexity index is 615. The van der Waals surface area contributed by atoms with Crippen molar-refractivity contribution in [2.75, 3.05) is 0 Å². The van der Waals surface area contributed by atoms with Gasteiger partial charge in [-0.15, -0.1) is 0 Å². The van der Waals surface area contributed by atoms with E-state index in [0.717, 1.165) is 5.69 Å². The van der Waals surface area contributed by atoms with Crippen molar-refractivity contribution in [3.8, 4) is 11.1 Å². The number of pyridine rings is 1. The highest BCUT2D eigenvalue weighted by Crippen LogP contribution is 2.24. The van der Waals surface area contributed by atoms with Crippen LogP contribution in [-0.2, 0) is 0 Å². The number of rotatable bonds is 3. The first-order valence-electron chi connectivity index (χ1n) is 7.19. The molecule has 0 saturated carbocycles. The van der Waals surface area contributed by atoms with Gasteiger partial charge in [0, 0.05) is 17.5 Å². The second-order valence-corrected chi connectivity index (χ2v) is 5.92. The monoisotopic (exact) mass is 265 g/mol. The van der Waals surface area contributed by atoms with Gasteiger partial charge >= 0.3 is 0 Å². The zero-order chi connectivity index (χ0) is 14.7. The van der Waals surface area contributed by atoms with Crippen LogP contribution in [0.1, 0.15) is 50.4 Å². The summed E-state index contributed by atoms with van der Waals surface area (Å²) < 4.78 is 0. The van der Waals surface area contributed by atoms with Crippen LogP contribution in [0.2, 0.25) is 0 Å². The van der Waals surface area contributed by atoms with E-state index < -0.39 is 0 Å². The topological polar surface area (TPSA) is 12.9 Å². The normalized spacial score (nSPS) is 10.7. The summed E-state index contributed by atoms with van der Waals surface area (Å²) in [4.78, 5) is 4.54. The number of nitrogens with zero attached hydrogens (tertiary/aromatic N) is 1. The van der Waals surface area contributed by atoms with E-state index in [4.69, 9.17) is 0 Å². The highest BCUT2D eigenvalue weighted by molar-refractivity contribution is 5.67.